The van der Waals surface area contributed by atoms with E-state index in [1.54, 1.807) is 29.2 Å². The van der Waals surface area contributed by atoms with Gasteiger partial charge in [0.1, 0.15) is 0 Å². The van der Waals surface area contributed by atoms with Gasteiger partial charge in [-0.25, -0.2) is 0 Å². The van der Waals surface area contributed by atoms with E-state index >= 15 is 0 Å². The Labute approximate surface area is 179 Å². The van der Waals surface area contributed by atoms with Crippen LogP contribution < -0.4 is 10.6 Å². The monoisotopic (exact) mass is 413 g/mol. The summed E-state index contributed by atoms with van der Waals surface area (Å²) >= 11 is 0. The maximum Gasteiger partial charge on any atom is 0.253 e. The van der Waals surface area contributed by atoms with Crippen LogP contribution in [-0.2, 0) is 9.59 Å². The van der Waals surface area contributed by atoms with Crippen LogP contribution in [0, 0.1) is 11.8 Å². The minimum absolute atomic E-state index is 0.0485. The van der Waals surface area contributed by atoms with Crippen molar-refractivity contribution in [1.29, 1.82) is 0 Å². The van der Waals surface area contributed by atoms with Gasteiger partial charge in [-0.15, -0.1) is 0 Å². The molecule has 0 unspecified atom stereocenters. The number of hydrogen-bond donors (Lipinski definition) is 2. The van der Waals surface area contributed by atoms with Crippen LogP contribution >= 0.6 is 0 Å². The zero-order valence-corrected chi connectivity index (χ0v) is 18.3. The lowest BCUT2D eigenvalue weighted by atomic mass is 9.95. The number of likely N-dealkylation sites (tertiary alicyclic amines) is 1. The molecule has 6 nitrogen and oxygen atoms in total. The second kappa shape index (κ2) is 10.6. The number of carbonyl (C=O) groups excluding carboxylic acids is 3. The molecule has 6 heteroatoms. The molecule has 1 saturated heterocycles. The molecular weight excluding hydrogens is 378 g/mol. The molecule has 1 aliphatic heterocycles. The number of amides is 3. The minimum atomic E-state index is -0.129. The number of nitrogens with zero attached hydrogens (tertiary/aromatic N) is 1. The van der Waals surface area contributed by atoms with Crippen molar-refractivity contribution in [3.63, 3.8) is 0 Å². The lowest BCUT2D eigenvalue weighted by Crippen LogP contribution is -2.47. The molecule has 0 radical (unpaired) electrons. The van der Waals surface area contributed by atoms with Crippen molar-refractivity contribution in [2.45, 2.75) is 71.3 Å². The first-order chi connectivity index (χ1) is 14.4. The Morgan fingerprint density at radius 1 is 0.933 bits per heavy atom. The SMILES string of the molecule is CC(C)C(=O)Nc1ccc(C(=O)N2CCC[C@@H](C(=O)NC3CCCCCC3)C2)cc1. The Morgan fingerprint density at radius 2 is 1.60 bits per heavy atom. The molecular formula is C24H35N3O3. The number of hydrogen-bond acceptors (Lipinski definition) is 3. The van der Waals surface area contributed by atoms with E-state index in [1.807, 2.05) is 13.8 Å². The van der Waals surface area contributed by atoms with Crippen LogP contribution in [0.25, 0.3) is 0 Å². The summed E-state index contributed by atoms with van der Waals surface area (Å²) in [7, 11) is 0. The standard InChI is InChI=1S/C24H35N3O3/c1-17(2)22(28)25-21-13-11-18(12-14-21)24(30)27-15-7-8-19(16-27)23(29)26-20-9-5-3-4-6-10-20/h11-14,17,19-20H,3-10,15-16H2,1-2H3,(H,25,28)(H,26,29)/t19-/m1/s1. The second-order valence-corrected chi connectivity index (χ2v) is 9.01. The Hall–Kier alpha value is -2.37. The van der Waals surface area contributed by atoms with E-state index in [2.05, 4.69) is 10.6 Å². The average Bonchev–Trinajstić information content (AvgIpc) is 3.02. The van der Waals surface area contributed by atoms with Crippen molar-refractivity contribution in [3.8, 4) is 0 Å². The van der Waals surface area contributed by atoms with Gasteiger partial charge in [-0.1, -0.05) is 39.5 Å². The first kappa shape index (κ1) is 22.3. The lowest BCUT2D eigenvalue weighted by molar-refractivity contribution is -0.127. The summed E-state index contributed by atoms with van der Waals surface area (Å²) in [5.41, 5.74) is 1.27. The van der Waals surface area contributed by atoms with Crippen molar-refractivity contribution in [1.82, 2.24) is 10.2 Å². The maximum atomic E-state index is 13.0. The van der Waals surface area contributed by atoms with E-state index in [9.17, 15) is 14.4 Å². The van der Waals surface area contributed by atoms with Gasteiger partial charge in [0.05, 0.1) is 5.92 Å². The predicted octanol–water partition coefficient (Wildman–Crippen LogP) is 3.97. The van der Waals surface area contributed by atoms with Crippen LogP contribution in [0.5, 0.6) is 0 Å². The van der Waals surface area contributed by atoms with Gasteiger partial charge < -0.3 is 15.5 Å². The maximum absolute atomic E-state index is 13.0. The third-order valence-electron chi connectivity index (χ3n) is 6.20. The van der Waals surface area contributed by atoms with Gasteiger partial charge in [0.2, 0.25) is 11.8 Å². The van der Waals surface area contributed by atoms with E-state index in [-0.39, 0.29) is 29.6 Å². The Balaban J connectivity index is 1.55. The summed E-state index contributed by atoms with van der Waals surface area (Å²) in [6.07, 6.45) is 8.72. The van der Waals surface area contributed by atoms with E-state index in [0.717, 1.165) is 25.7 Å². The number of nitrogens with one attached hydrogen (secondary N) is 2. The summed E-state index contributed by atoms with van der Waals surface area (Å²) in [6, 6.07) is 7.29. The van der Waals surface area contributed by atoms with Gasteiger partial charge in [-0.05, 0) is 49.9 Å². The number of rotatable bonds is 5. The fourth-order valence-corrected chi connectivity index (χ4v) is 4.28. The molecule has 1 aliphatic carbocycles. The molecule has 164 valence electrons. The Morgan fingerprint density at radius 3 is 2.23 bits per heavy atom. The first-order valence-electron chi connectivity index (χ1n) is 11.4. The van der Waals surface area contributed by atoms with Crippen LogP contribution in [0.15, 0.2) is 24.3 Å². The summed E-state index contributed by atoms with van der Waals surface area (Å²) in [6.45, 7) is 4.83. The fraction of sp³-hybridized carbons (Fsp3) is 0.625. The Bertz CT molecular complexity index is 737. The number of piperidine rings is 1. The van der Waals surface area contributed by atoms with Crippen molar-refractivity contribution >= 4 is 23.4 Å². The summed E-state index contributed by atoms with van der Waals surface area (Å²) in [5.74, 6) is -0.223. The predicted molar refractivity (Wildman–Crippen MR) is 118 cm³/mol. The summed E-state index contributed by atoms with van der Waals surface area (Å²) in [4.78, 5) is 39.4. The van der Waals surface area contributed by atoms with Gasteiger partial charge in [-0.3, -0.25) is 14.4 Å². The lowest BCUT2D eigenvalue weighted by Gasteiger charge is -2.33. The highest BCUT2D eigenvalue weighted by Crippen LogP contribution is 2.22. The fourth-order valence-electron chi connectivity index (χ4n) is 4.28. The van der Waals surface area contributed by atoms with Gasteiger partial charge in [0, 0.05) is 36.3 Å². The molecule has 30 heavy (non-hydrogen) atoms. The van der Waals surface area contributed by atoms with Gasteiger partial charge >= 0.3 is 0 Å². The van der Waals surface area contributed by atoms with Crippen LogP contribution in [0.2, 0.25) is 0 Å². The molecule has 3 amide bonds. The van der Waals surface area contributed by atoms with Crippen molar-refractivity contribution in [2.75, 3.05) is 18.4 Å². The quantitative estimate of drug-likeness (QED) is 0.717. The van der Waals surface area contributed by atoms with Gasteiger partial charge in [-0.2, -0.15) is 0 Å². The van der Waals surface area contributed by atoms with Crippen LogP contribution in [0.3, 0.4) is 0 Å². The van der Waals surface area contributed by atoms with Crippen LogP contribution in [-0.4, -0.2) is 41.8 Å². The number of anilines is 1. The molecule has 3 rings (SSSR count). The highest BCUT2D eigenvalue weighted by Gasteiger charge is 2.30. The topological polar surface area (TPSA) is 78.5 Å². The van der Waals surface area contributed by atoms with E-state index in [1.165, 1.54) is 25.7 Å². The molecule has 2 N–H and O–H groups in total. The highest BCUT2D eigenvalue weighted by molar-refractivity contribution is 5.96. The molecule has 1 saturated carbocycles. The second-order valence-electron chi connectivity index (χ2n) is 9.01. The van der Waals surface area contributed by atoms with Crippen molar-refractivity contribution in [3.05, 3.63) is 29.8 Å². The molecule has 1 aromatic carbocycles. The zero-order chi connectivity index (χ0) is 21.5. The summed E-state index contributed by atoms with van der Waals surface area (Å²) in [5, 5.41) is 6.08. The zero-order valence-electron chi connectivity index (χ0n) is 18.3. The van der Waals surface area contributed by atoms with E-state index in [0.29, 0.717) is 30.4 Å². The largest absolute Gasteiger partial charge is 0.353 e. The van der Waals surface area contributed by atoms with Gasteiger partial charge in [0.25, 0.3) is 5.91 Å². The van der Waals surface area contributed by atoms with Crippen LogP contribution in [0.1, 0.15) is 75.6 Å². The molecule has 0 aromatic heterocycles. The van der Waals surface area contributed by atoms with E-state index in [4.69, 9.17) is 0 Å². The Kier molecular flexibility index (Phi) is 7.88. The smallest absolute Gasteiger partial charge is 0.253 e. The molecule has 1 atom stereocenters. The molecule has 2 aliphatic rings. The first-order valence-corrected chi connectivity index (χ1v) is 11.4. The highest BCUT2D eigenvalue weighted by atomic mass is 16.2. The minimum Gasteiger partial charge on any atom is -0.353 e. The van der Waals surface area contributed by atoms with Crippen LogP contribution in [0.4, 0.5) is 5.69 Å². The van der Waals surface area contributed by atoms with Crippen molar-refractivity contribution < 1.29 is 14.4 Å². The number of carbonyl (C=O) groups is 3. The normalized spacial score (nSPS) is 20.5. The molecule has 0 bridgehead atoms. The molecule has 0 spiro atoms. The summed E-state index contributed by atoms with van der Waals surface area (Å²) < 4.78 is 0. The average molecular weight is 414 g/mol. The van der Waals surface area contributed by atoms with Crippen molar-refractivity contribution in [2.24, 2.45) is 11.8 Å². The molecule has 2 fully saturated rings. The molecule has 1 aromatic rings. The van der Waals surface area contributed by atoms with E-state index < -0.39 is 0 Å². The third kappa shape index (κ3) is 6.07. The third-order valence-corrected chi connectivity index (χ3v) is 6.20. The number of benzene rings is 1. The van der Waals surface area contributed by atoms with Gasteiger partial charge in [0.15, 0.2) is 0 Å². The molecule has 1 heterocycles.